The predicted molar refractivity (Wildman–Crippen MR) is 61.1 cm³/mol. The lowest BCUT2D eigenvalue weighted by molar-refractivity contribution is 0.0816. The number of benzene rings is 1. The molecule has 0 radical (unpaired) electrons. The van der Waals surface area contributed by atoms with E-state index in [1.807, 2.05) is 38.2 Å². The predicted octanol–water partition coefficient (Wildman–Crippen LogP) is 2.18. The van der Waals surface area contributed by atoms with Crippen molar-refractivity contribution in [1.29, 1.82) is 0 Å². The second kappa shape index (κ2) is 4.15. The van der Waals surface area contributed by atoms with Gasteiger partial charge in [0, 0.05) is 17.5 Å². The summed E-state index contributed by atoms with van der Waals surface area (Å²) in [4.78, 5) is 12.0. The van der Waals surface area contributed by atoms with E-state index in [0.717, 1.165) is 18.4 Å². The van der Waals surface area contributed by atoms with Gasteiger partial charge in [0.1, 0.15) is 0 Å². The summed E-state index contributed by atoms with van der Waals surface area (Å²) in [6, 6.07) is 8.42. The maximum absolute atomic E-state index is 12.0. The monoisotopic (exact) mass is 203 g/mol. The van der Waals surface area contributed by atoms with Crippen LogP contribution in [0.1, 0.15) is 28.8 Å². The highest BCUT2D eigenvalue weighted by Gasteiger charge is 2.33. The summed E-state index contributed by atoms with van der Waals surface area (Å²) in [5, 5.41) is 3.19. The summed E-state index contributed by atoms with van der Waals surface area (Å²) in [6.45, 7) is 2.04. The highest BCUT2D eigenvalue weighted by atomic mass is 16.1. The standard InChI is InChI=1S/C13H17NO/c1-9-3-5-10(6-4-9)13(15)11-7-12(8-11)14-2/h3-6,11-12,14H,7-8H2,1-2H3. The summed E-state index contributed by atoms with van der Waals surface area (Å²) < 4.78 is 0. The van der Waals surface area contributed by atoms with Crippen LogP contribution in [0.25, 0.3) is 0 Å². The van der Waals surface area contributed by atoms with E-state index in [0.29, 0.717) is 11.8 Å². The first-order chi connectivity index (χ1) is 7.20. The average molecular weight is 203 g/mol. The van der Waals surface area contributed by atoms with E-state index in [9.17, 15) is 4.79 Å². The molecule has 1 aromatic rings. The normalized spacial score (nSPS) is 24.7. The quantitative estimate of drug-likeness (QED) is 0.763. The van der Waals surface area contributed by atoms with Crippen molar-refractivity contribution >= 4 is 5.78 Å². The molecule has 0 heterocycles. The van der Waals surface area contributed by atoms with Crippen molar-refractivity contribution in [2.75, 3.05) is 7.05 Å². The topological polar surface area (TPSA) is 29.1 Å². The Balaban J connectivity index is 2.00. The molecule has 0 saturated heterocycles. The van der Waals surface area contributed by atoms with Crippen LogP contribution in [0.5, 0.6) is 0 Å². The molecule has 0 atom stereocenters. The number of hydrogen-bond acceptors (Lipinski definition) is 2. The number of aryl methyl sites for hydroxylation is 1. The van der Waals surface area contributed by atoms with Gasteiger partial charge in [-0.05, 0) is 26.8 Å². The minimum Gasteiger partial charge on any atom is -0.317 e. The lowest BCUT2D eigenvalue weighted by Crippen LogP contribution is -2.42. The van der Waals surface area contributed by atoms with Gasteiger partial charge >= 0.3 is 0 Å². The molecule has 2 heteroatoms. The van der Waals surface area contributed by atoms with E-state index in [1.54, 1.807) is 0 Å². The van der Waals surface area contributed by atoms with E-state index >= 15 is 0 Å². The van der Waals surface area contributed by atoms with Crippen LogP contribution in [0.2, 0.25) is 0 Å². The maximum Gasteiger partial charge on any atom is 0.166 e. The van der Waals surface area contributed by atoms with Crippen molar-refractivity contribution < 1.29 is 4.79 Å². The number of hydrogen-bond donors (Lipinski definition) is 1. The third kappa shape index (κ3) is 2.10. The number of carbonyl (C=O) groups is 1. The van der Waals surface area contributed by atoms with Crippen LogP contribution in [-0.2, 0) is 0 Å². The molecule has 1 fully saturated rings. The number of ketones is 1. The largest absolute Gasteiger partial charge is 0.317 e. The lowest BCUT2D eigenvalue weighted by Gasteiger charge is -2.33. The molecular weight excluding hydrogens is 186 g/mol. The van der Waals surface area contributed by atoms with Gasteiger partial charge in [0.15, 0.2) is 5.78 Å². The van der Waals surface area contributed by atoms with Crippen molar-refractivity contribution in [3.05, 3.63) is 35.4 Å². The number of carbonyl (C=O) groups excluding carboxylic acids is 1. The van der Waals surface area contributed by atoms with Gasteiger partial charge in [-0.15, -0.1) is 0 Å². The molecule has 1 saturated carbocycles. The third-order valence-electron chi connectivity index (χ3n) is 3.25. The van der Waals surface area contributed by atoms with Crippen LogP contribution in [0.15, 0.2) is 24.3 Å². The van der Waals surface area contributed by atoms with Gasteiger partial charge in [0.2, 0.25) is 0 Å². The smallest absolute Gasteiger partial charge is 0.166 e. The molecule has 1 N–H and O–H groups in total. The fourth-order valence-electron chi connectivity index (χ4n) is 2.02. The van der Waals surface area contributed by atoms with Gasteiger partial charge in [-0.3, -0.25) is 4.79 Å². The average Bonchev–Trinajstić information content (AvgIpc) is 2.17. The fourth-order valence-corrected chi connectivity index (χ4v) is 2.02. The molecule has 1 aromatic carbocycles. The van der Waals surface area contributed by atoms with Gasteiger partial charge in [0.05, 0.1) is 0 Å². The zero-order valence-electron chi connectivity index (χ0n) is 9.29. The van der Waals surface area contributed by atoms with E-state index in [1.165, 1.54) is 5.56 Å². The highest BCUT2D eigenvalue weighted by Crippen LogP contribution is 2.30. The first-order valence-corrected chi connectivity index (χ1v) is 5.49. The molecule has 0 amide bonds. The highest BCUT2D eigenvalue weighted by molar-refractivity contribution is 5.98. The number of rotatable bonds is 3. The van der Waals surface area contributed by atoms with Crippen molar-refractivity contribution in [2.24, 2.45) is 5.92 Å². The van der Waals surface area contributed by atoms with E-state index in [2.05, 4.69) is 5.32 Å². The molecule has 15 heavy (non-hydrogen) atoms. The molecule has 0 bridgehead atoms. The molecule has 0 unspecified atom stereocenters. The van der Waals surface area contributed by atoms with E-state index in [-0.39, 0.29) is 5.92 Å². The van der Waals surface area contributed by atoms with Crippen molar-refractivity contribution in [3.8, 4) is 0 Å². The van der Waals surface area contributed by atoms with Gasteiger partial charge in [-0.2, -0.15) is 0 Å². The Kier molecular flexibility index (Phi) is 2.87. The summed E-state index contributed by atoms with van der Waals surface area (Å²) >= 11 is 0. The lowest BCUT2D eigenvalue weighted by atomic mass is 9.76. The summed E-state index contributed by atoms with van der Waals surface area (Å²) in [5.74, 6) is 0.548. The van der Waals surface area contributed by atoms with Crippen LogP contribution in [0.4, 0.5) is 0 Å². The molecular formula is C13H17NO. The molecule has 1 aliphatic rings. The SMILES string of the molecule is CNC1CC(C(=O)c2ccc(C)cc2)C1. The summed E-state index contributed by atoms with van der Waals surface area (Å²) in [6.07, 6.45) is 1.98. The van der Waals surface area contributed by atoms with Crippen LogP contribution in [0.3, 0.4) is 0 Å². The Morgan fingerprint density at radius 2 is 1.87 bits per heavy atom. The Morgan fingerprint density at radius 3 is 2.40 bits per heavy atom. The minimum atomic E-state index is 0.241. The van der Waals surface area contributed by atoms with Gasteiger partial charge in [-0.25, -0.2) is 0 Å². The van der Waals surface area contributed by atoms with Gasteiger partial charge in [0.25, 0.3) is 0 Å². The third-order valence-corrected chi connectivity index (χ3v) is 3.25. The molecule has 2 rings (SSSR count). The maximum atomic E-state index is 12.0. The van der Waals surface area contributed by atoms with Crippen LogP contribution in [-0.4, -0.2) is 18.9 Å². The van der Waals surface area contributed by atoms with Crippen LogP contribution >= 0.6 is 0 Å². The van der Waals surface area contributed by atoms with E-state index < -0.39 is 0 Å². The number of Topliss-reactive ketones (excluding diaryl/α,β-unsaturated/α-hetero) is 1. The molecule has 2 nitrogen and oxygen atoms in total. The molecule has 80 valence electrons. The first-order valence-electron chi connectivity index (χ1n) is 5.49. The zero-order valence-corrected chi connectivity index (χ0v) is 9.29. The Morgan fingerprint density at radius 1 is 1.27 bits per heavy atom. The Labute approximate surface area is 90.7 Å². The minimum absolute atomic E-state index is 0.241. The summed E-state index contributed by atoms with van der Waals surface area (Å²) in [7, 11) is 1.96. The second-order valence-corrected chi connectivity index (χ2v) is 4.38. The molecule has 0 aliphatic heterocycles. The zero-order chi connectivity index (χ0) is 10.8. The van der Waals surface area contributed by atoms with Crippen LogP contribution in [0, 0.1) is 12.8 Å². The van der Waals surface area contributed by atoms with Gasteiger partial charge in [-0.1, -0.05) is 29.8 Å². The molecule has 0 spiro atoms. The van der Waals surface area contributed by atoms with Crippen molar-refractivity contribution in [1.82, 2.24) is 5.32 Å². The number of nitrogens with one attached hydrogen (secondary N) is 1. The molecule has 1 aliphatic carbocycles. The summed E-state index contributed by atoms with van der Waals surface area (Å²) in [5.41, 5.74) is 2.06. The Bertz CT molecular complexity index is 349. The first kappa shape index (κ1) is 10.4. The van der Waals surface area contributed by atoms with Gasteiger partial charge < -0.3 is 5.32 Å². The Hall–Kier alpha value is -1.15. The molecule has 0 aromatic heterocycles. The fraction of sp³-hybridized carbons (Fsp3) is 0.462. The second-order valence-electron chi connectivity index (χ2n) is 4.38. The van der Waals surface area contributed by atoms with Crippen molar-refractivity contribution in [2.45, 2.75) is 25.8 Å². The van der Waals surface area contributed by atoms with Crippen molar-refractivity contribution in [3.63, 3.8) is 0 Å². The van der Waals surface area contributed by atoms with Crippen LogP contribution < -0.4 is 5.32 Å². The van der Waals surface area contributed by atoms with E-state index in [4.69, 9.17) is 0 Å².